The topological polar surface area (TPSA) is 75.6 Å². The van der Waals surface area contributed by atoms with E-state index in [0.717, 1.165) is 25.0 Å². The van der Waals surface area contributed by atoms with E-state index in [2.05, 4.69) is 5.32 Å². The van der Waals surface area contributed by atoms with Gasteiger partial charge in [-0.3, -0.25) is 9.59 Å². The summed E-state index contributed by atoms with van der Waals surface area (Å²) in [5.74, 6) is -2.90. The second-order valence-electron chi connectivity index (χ2n) is 5.34. The summed E-state index contributed by atoms with van der Waals surface area (Å²) in [4.78, 5) is 22.6. The molecule has 5 nitrogen and oxygen atoms in total. The van der Waals surface area contributed by atoms with Gasteiger partial charge in [0.25, 0.3) is 0 Å². The number of amides is 1. The molecular formula is C15H17F2NO4. The fourth-order valence-corrected chi connectivity index (χ4v) is 2.04. The molecule has 0 saturated heterocycles. The van der Waals surface area contributed by atoms with Crippen LogP contribution in [-0.4, -0.2) is 30.2 Å². The number of ether oxygens (including phenoxy) is 1. The zero-order valence-electron chi connectivity index (χ0n) is 11.9. The van der Waals surface area contributed by atoms with Crippen LogP contribution in [-0.2, 0) is 14.3 Å². The number of hydrogen-bond donors (Lipinski definition) is 2. The number of carboxylic acid groups (broad SMARTS) is 1. The molecule has 1 saturated carbocycles. The van der Waals surface area contributed by atoms with Gasteiger partial charge in [0.2, 0.25) is 5.91 Å². The predicted molar refractivity (Wildman–Crippen MR) is 73.0 cm³/mol. The zero-order valence-corrected chi connectivity index (χ0v) is 11.9. The maximum absolute atomic E-state index is 13.8. The van der Waals surface area contributed by atoms with Crippen molar-refractivity contribution < 1.29 is 28.2 Å². The molecule has 0 radical (unpaired) electrons. The van der Waals surface area contributed by atoms with Crippen molar-refractivity contribution in [3.8, 4) is 0 Å². The third-order valence-electron chi connectivity index (χ3n) is 3.34. The van der Waals surface area contributed by atoms with Crippen molar-refractivity contribution >= 4 is 11.9 Å². The smallest absolute Gasteiger partial charge is 0.305 e. The Morgan fingerprint density at radius 1 is 1.36 bits per heavy atom. The Kier molecular flexibility index (Phi) is 5.43. The van der Waals surface area contributed by atoms with Gasteiger partial charge in [0, 0.05) is 11.6 Å². The Balaban J connectivity index is 1.98. The quantitative estimate of drug-likeness (QED) is 0.770. The fraction of sp³-hybridized carbons (Fsp3) is 0.467. The van der Waals surface area contributed by atoms with Gasteiger partial charge in [0.15, 0.2) is 0 Å². The summed E-state index contributed by atoms with van der Waals surface area (Å²) in [5, 5.41) is 11.3. The van der Waals surface area contributed by atoms with Gasteiger partial charge in [-0.1, -0.05) is 6.07 Å². The van der Waals surface area contributed by atoms with Crippen LogP contribution in [0.3, 0.4) is 0 Å². The Morgan fingerprint density at radius 2 is 2.09 bits per heavy atom. The third-order valence-corrected chi connectivity index (χ3v) is 3.34. The number of halogens is 2. The monoisotopic (exact) mass is 313 g/mol. The van der Waals surface area contributed by atoms with E-state index in [0.29, 0.717) is 18.6 Å². The van der Waals surface area contributed by atoms with Gasteiger partial charge >= 0.3 is 5.97 Å². The van der Waals surface area contributed by atoms with Crippen LogP contribution in [0.1, 0.15) is 30.9 Å². The molecule has 0 aliphatic heterocycles. The highest BCUT2D eigenvalue weighted by molar-refractivity contribution is 5.78. The largest absolute Gasteiger partial charge is 0.481 e. The van der Waals surface area contributed by atoms with Crippen LogP contribution >= 0.6 is 0 Å². The lowest BCUT2D eigenvalue weighted by Gasteiger charge is -2.18. The molecule has 0 aromatic heterocycles. The summed E-state index contributed by atoms with van der Waals surface area (Å²) in [6, 6.07) is 1.72. The highest BCUT2D eigenvalue weighted by Crippen LogP contribution is 2.28. The molecule has 1 fully saturated rings. The maximum Gasteiger partial charge on any atom is 0.305 e. The number of hydrogen-bond acceptors (Lipinski definition) is 3. The Bertz CT molecular complexity index is 560. The maximum atomic E-state index is 13.8. The summed E-state index contributed by atoms with van der Waals surface area (Å²) in [6.07, 6.45) is 1.67. The summed E-state index contributed by atoms with van der Waals surface area (Å²) in [5.41, 5.74) is -0.0701. The Labute approximate surface area is 126 Å². The van der Waals surface area contributed by atoms with Crippen LogP contribution < -0.4 is 5.32 Å². The Morgan fingerprint density at radius 3 is 2.68 bits per heavy atom. The molecule has 1 aromatic rings. The molecule has 0 bridgehead atoms. The van der Waals surface area contributed by atoms with Crippen molar-refractivity contribution in [1.82, 2.24) is 5.32 Å². The van der Waals surface area contributed by atoms with E-state index in [1.165, 1.54) is 0 Å². The van der Waals surface area contributed by atoms with Gasteiger partial charge in [0.1, 0.15) is 18.2 Å². The SMILES string of the molecule is O=C(O)CC(NC(=O)COCC1CC1)c1ccc(F)cc1F. The van der Waals surface area contributed by atoms with Crippen molar-refractivity contribution in [2.24, 2.45) is 5.92 Å². The summed E-state index contributed by atoms with van der Waals surface area (Å²) >= 11 is 0. The highest BCUT2D eigenvalue weighted by atomic mass is 19.1. The first kappa shape index (κ1) is 16.4. The van der Waals surface area contributed by atoms with Crippen LogP contribution in [0.4, 0.5) is 8.78 Å². The molecule has 7 heteroatoms. The molecule has 120 valence electrons. The highest BCUT2D eigenvalue weighted by Gasteiger charge is 2.23. The van der Waals surface area contributed by atoms with Crippen molar-refractivity contribution in [3.05, 3.63) is 35.4 Å². The first-order valence-electron chi connectivity index (χ1n) is 6.99. The van der Waals surface area contributed by atoms with E-state index in [9.17, 15) is 18.4 Å². The number of carboxylic acids is 1. The van der Waals surface area contributed by atoms with E-state index in [1.807, 2.05) is 0 Å². The first-order valence-corrected chi connectivity index (χ1v) is 6.99. The van der Waals surface area contributed by atoms with Crippen LogP contribution in [0.25, 0.3) is 0 Å². The molecule has 1 aliphatic carbocycles. The molecule has 2 N–H and O–H groups in total. The van der Waals surface area contributed by atoms with Crippen molar-refractivity contribution in [2.45, 2.75) is 25.3 Å². The molecular weight excluding hydrogens is 296 g/mol. The van der Waals surface area contributed by atoms with E-state index in [4.69, 9.17) is 9.84 Å². The van der Waals surface area contributed by atoms with Crippen LogP contribution in [0, 0.1) is 17.6 Å². The van der Waals surface area contributed by atoms with Crippen molar-refractivity contribution in [2.75, 3.05) is 13.2 Å². The molecule has 0 heterocycles. The fourth-order valence-electron chi connectivity index (χ4n) is 2.04. The average molecular weight is 313 g/mol. The lowest BCUT2D eigenvalue weighted by atomic mass is 10.0. The number of aliphatic carboxylic acids is 1. The van der Waals surface area contributed by atoms with Crippen LogP contribution in [0.2, 0.25) is 0 Å². The molecule has 1 amide bonds. The second kappa shape index (κ2) is 7.31. The minimum absolute atomic E-state index is 0.0701. The number of rotatable bonds is 8. The van der Waals surface area contributed by atoms with Crippen molar-refractivity contribution in [1.29, 1.82) is 0 Å². The molecule has 0 spiro atoms. The van der Waals surface area contributed by atoms with E-state index < -0.39 is 36.0 Å². The molecule has 1 unspecified atom stereocenters. The normalized spacial score (nSPS) is 15.4. The first-order chi connectivity index (χ1) is 10.5. The number of nitrogens with one attached hydrogen (secondary N) is 1. The minimum atomic E-state index is -1.20. The molecule has 2 rings (SSSR count). The van der Waals surface area contributed by atoms with Gasteiger partial charge in [-0.05, 0) is 24.8 Å². The van der Waals surface area contributed by atoms with E-state index in [-0.39, 0.29) is 12.2 Å². The van der Waals surface area contributed by atoms with Crippen molar-refractivity contribution in [3.63, 3.8) is 0 Å². The van der Waals surface area contributed by atoms with Gasteiger partial charge < -0.3 is 15.2 Å². The summed E-state index contributed by atoms with van der Waals surface area (Å²) < 4.78 is 31.9. The zero-order chi connectivity index (χ0) is 16.1. The van der Waals surface area contributed by atoms with Gasteiger partial charge in [0.05, 0.1) is 19.1 Å². The second-order valence-corrected chi connectivity index (χ2v) is 5.34. The number of carbonyl (C=O) groups is 2. The lowest BCUT2D eigenvalue weighted by Crippen LogP contribution is -2.33. The standard InChI is InChI=1S/C15H17F2NO4/c16-10-3-4-11(12(17)5-10)13(6-15(20)21)18-14(19)8-22-7-9-1-2-9/h3-5,9,13H,1-2,6-8H2,(H,18,19)(H,20,21). The summed E-state index contributed by atoms with van der Waals surface area (Å²) in [7, 11) is 0. The van der Waals surface area contributed by atoms with Gasteiger partial charge in [-0.15, -0.1) is 0 Å². The van der Waals surface area contributed by atoms with Gasteiger partial charge in [-0.25, -0.2) is 8.78 Å². The average Bonchev–Trinajstić information content (AvgIpc) is 3.21. The molecule has 1 aliphatic rings. The number of carbonyl (C=O) groups excluding carboxylic acids is 1. The molecule has 1 atom stereocenters. The summed E-state index contributed by atoms with van der Waals surface area (Å²) in [6.45, 7) is 0.275. The molecule has 22 heavy (non-hydrogen) atoms. The van der Waals surface area contributed by atoms with E-state index in [1.54, 1.807) is 0 Å². The minimum Gasteiger partial charge on any atom is -0.481 e. The molecule has 1 aromatic carbocycles. The van der Waals surface area contributed by atoms with Gasteiger partial charge in [-0.2, -0.15) is 0 Å². The predicted octanol–water partition coefficient (Wildman–Crippen LogP) is 2.02. The van der Waals surface area contributed by atoms with Crippen LogP contribution in [0.15, 0.2) is 18.2 Å². The lowest BCUT2D eigenvalue weighted by molar-refractivity contribution is -0.138. The number of benzene rings is 1. The Hall–Kier alpha value is -2.02. The van der Waals surface area contributed by atoms with Crippen LogP contribution in [0.5, 0.6) is 0 Å². The third kappa shape index (κ3) is 5.07. The van der Waals surface area contributed by atoms with E-state index >= 15 is 0 Å².